The molecule has 0 saturated carbocycles. The number of aromatic nitrogens is 2. The van der Waals surface area contributed by atoms with Crippen molar-refractivity contribution in [1.29, 1.82) is 0 Å². The molecule has 0 aromatic carbocycles. The lowest BCUT2D eigenvalue weighted by Crippen LogP contribution is -2.14. The molecule has 0 saturated heterocycles. The van der Waals surface area contributed by atoms with E-state index in [9.17, 15) is 4.21 Å². The Kier molecular flexibility index (Phi) is 4.13. The Hall–Kier alpha value is -0.840. The molecule has 1 N–H and O–H groups in total. The molecule has 1 aromatic heterocycles. The first-order valence-corrected chi connectivity index (χ1v) is 6.21. The molecular formula is C9H17N3OS. The molecule has 14 heavy (non-hydrogen) atoms. The zero-order valence-electron chi connectivity index (χ0n) is 8.91. The minimum atomic E-state index is -0.700. The number of rotatable bonds is 5. The zero-order valence-corrected chi connectivity index (χ0v) is 9.73. The number of nitrogens with zero attached hydrogens (tertiary/aromatic N) is 2. The van der Waals surface area contributed by atoms with E-state index in [1.54, 1.807) is 0 Å². The number of anilines is 1. The minimum Gasteiger partial charge on any atom is -0.355 e. The van der Waals surface area contributed by atoms with Crippen molar-refractivity contribution in [2.45, 2.75) is 13.8 Å². The minimum absolute atomic E-state index is 0.683. The van der Waals surface area contributed by atoms with Gasteiger partial charge in [-0.15, -0.1) is 0 Å². The maximum atomic E-state index is 11.1. The molecule has 0 fully saturated rings. The first-order chi connectivity index (χ1) is 6.63. The Bertz CT molecular complexity index is 322. The van der Waals surface area contributed by atoms with Crippen LogP contribution < -0.4 is 5.32 Å². The van der Waals surface area contributed by atoms with E-state index < -0.39 is 10.8 Å². The Morgan fingerprint density at radius 3 is 2.86 bits per heavy atom. The van der Waals surface area contributed by atoms with Crippen LogP contribution in [0.1, 0.15) is 12.6 Å². The summed E-state index contributed by atoms with van der Waals surface area (Å²) < 4.78 is 13.1. The van der Waals surface area contributed by atoms with Gasteiger partial charge in [-0.25, -0.2) is 4.98 Å². The molecule has 80 valence electrons. The summed E-state index contributed by atoms with van der Waals surface area (Å²) in [4.78, 5) is 4.29. The smallest absolute Gasteiger partial charge is 0.202 e. The van der Waals surface area contributed by atoms with E-state index in [4.69, 9.17) is 0 Å². The highest BCUT2D eigenvalue weighted by Gasteiger charge is 2.01. The van der Waals surface area contributed by atoms with Gasteiger partial charge in [-0.05, 0) is 6.92 Å². The molecule has 1 atom stereocenters. The van der Waals surface area contributed by atoms with E-state index in [-0.39, 0.29) is 0 Å². The summed E-state index contributed by atoms with van der Waals surface area (Å²) in [7, 11) is 1.24. The van der Waals surface area contributed by atoms with Gasteiger partial charge in [-0.1, -0.05) is 6.92 Å². The number of hydrogen-bond acceptors (Lipinski definition) is 3. The van der Waals surface area contributed by atoms with Crippen LogP contribution in [0, 0.1) is 6.92 Å². The summed E-state index contributed by atoms with van der Waals surface area (Å²) in [6.07, 6.45) is 1.96. The number of aryl methyl sites for hydroxylation is 2. The summed E-state index contributed by atoms with van der Waals surface area (Å²) in [5.74, 6) is 2.25. The molecule has 0 aliphatic rings. The zero-order chi connectivity index (χ0) is 10.6. The van der Waals surface area contributed by atoms with Crippen LogP contribution in [0.2, 0.25) is 0 Å². The van der Waals surface area contributed by atoms with Crippen LogP contribution in [0.5, 0.6) is 0 Å². The lowest BCUT2D eigenvalue weighted by atomic mass is 10.6. The monoisotopic (exact) mass is 215 g/mol. The summed E-state index contributed by atoms with van der Waals surface area (Å²) in [5.41, 5.74) is 0.992. The van der Waals surface area contributed by atoms with Crippen molar-refractivity contribution in [2.24, 2.45) is 7.05 Å². The Morgan fingerprint density at radius 1 is 1.64 bits per heavy atom. The maximum Gasteiger partial charge on any atom is 0.202 e. The average Bonchev–Trinajstić information content (AvgIpc) is 2.45. The molecule has 0 radical (unpaired) electrons. The second kappa shape index (κ2) is 5.14. The first kappa shape index (κ1) is 11.2. The van der Waals surface area contributed by atoms with Gasteiger partial charge in [0.15, 0.2) is 0 Å². The van der Waals surface area contributed by atoms with Gasteiger partial charge >= 0.3 is 0 Å². The van der Waals surface area contributed by atoms with Crippen molar-refractivity contribution in [1.82, 2.24) is 9.55 Å². The van der Waals surface area contributed by atoms with Crippen LogP contribution in [0.4, 0.5) is 5.95 Å². The van der Waals surface area contributed by atoms with Crippen molar-refractivity contribution >= 4 is 16.7 Å². The normalized spacial score (nSPS) is 12.8. The van der Waals surface area contributed by atoms with Gasteiger partial charge in [0.25, 0.3) is 0 Å². The lowest BCUT2D eigenvalue weighted by Gasteiger charge is -2.04. The predicted molar refractivity (Wildman–Crippen MR) is 60.0 cm³/mol. The second-order valence-electron chi connectivity index (χ2n) is 3.18. The highest BCUT2D eigenvalue weighted by Crippen LogP contribution is 2.04. The SMILES string of the molecule is CCS(=O)CCNc1nc(C)cn1C. The Morgan fingerprint density at radius 2 is 2.36 bits per heavy atom. The van der Waals surface area contributed by atoms with Crippen LogP contribution in [-0.4, -0.2) is 31.8 Å². The van der Waals surface area contributed by atoms with Crippen molar-refractivity contribution in [2.75, 3.05) is 23.4 Å². The third-order valence-electron chi connectivity index (χ3n) is 1.93. The second-order valence-corrected chi connectivity index (χ2v) is 5.04. The van der Waals surface area contributed by atoms with E-state index >= 15 is 0 Å². The number of hydrogen-bond donors (Lipinski definition) is 1. The van der Waals surface area contributed by atoms with E-state index in [2.05, 4.69) is 10.3 Å². The van der Waals surface area contributed by atoms with E-state index in [1.807, 2.05) is 31.7 Å². The molecule has 0 spiro atoms. The topological polar surface area (TPSA) is 46.9 Å². The average molecular weight is 215 g/mol. The van der Waals surface area contributed by atoms with E-state index in [0.29, 0.717) is 12.3 Å². The van der Waals surface area contributed by atoms with Crippen molar-refractivity contribution < 1.29 is 4.21 Å². The van der Waals surface area contributed by atoms with Crippen LogP contribution in [0.25, 0.3) is 0 Å². The molecule has 0 amide bonds. The fourth-order valence-electron chi connectivity index (χ4n) is 1.20. The molecule has 0 aliphatic heterocycles. The Labute approximate surface area is 87.2 Å². The molecule has 0 bridgehead atoms. The summed E-state index contributed by atoms with van der Waals surface area (Å²) >= 11 is 0. The van der Waals surface area contributed by atoms with Crippen LogP contribution in [0.3, 0.4) is 0 Å². The van der Waals surface area contributed by atoms with Crippen LogP contribution in [0.15, 0.2) is 6.20 Å². The molecule has 1 rings (SSSR count). The van der Waals surface area contributed by atoms with Gasteiger partial charge in [0.2, 0.25) is 5.95 Å². The van der Waals surface area contributed by atoms with Crippen molar-refractivity contribution in [3.63, 3.8) is 0 Å². The van der Waals surface area contributed by atoms with Gasteiger partial charge in [-0.2, -0.15) is 0 Å². The standard InChI is InChI=1S/C9H17N3OS/c1-4-14(13)6-5-10-9-11-8(2)7-12(9)3/h7H,4-6H2,1-3H3,(H,10,11). The summed E-state index contributed by atoms with van der Waals surface area (Å²) in [6, 6.07) is 0. The first-order valence-electron chi connectivity index (χ1n) is 4.72. The van der Waals surface area contributed by atoms with Crippen molar-refractivity contribution in [3.05, 3.63) is 11.9 Å². The van der Waals surface area contributed by atoms with Gasteiger partial charge in [0, 0.05) is 42.1 Å². The number of nitrogens with one attached hydrogen (secondary N) is 1. The largest absolute Gasteiger partial charge is 0.355 e. The van der Waals surface area contributed by atoms with Crippen molar-refractivity contribution in [3.8, 4) is 0 Å². The third kappa shape index (κ3) is 3.14. The molecule has 1 aromatic rings. The highest BCUT2D eigenvalue weighted by atomic mass is 32.2. The van der Waals surface area contributed by atoms with Crippen LogP contribution in [-0.2, 0) is 17.8 Å². The Balaban J connectivity index is 2.38. The maximum absolute atomic E-state index is 11.1. The predicted octanol–water partition coefficient (Wildman–Crippen LogP) is 0.909. The fourth-order valence-corrected chi connectivity index (χ4v) is 1.82. The van der Waals surface area contributed by atoms with E-state index in [0.717, 1.165) is 17.4 Å². The lowest BCUT2D eigenvalue weighted by molar-refractivity contribution is 0.684. The van der Waals surface area contributed by atoms with Crippen LogP contribution >= 0.6 is 0 Å². The molecule has 1 heterocycles. The molecule has 4 nitrogen and oxygen atoms in total. The van der Waals surface area contributed by atoms with Gasteiger partial charge in [0.1, 0.15) is 0 Å². The molecule has 1 unspecified atom stereocenters. The summed E-state index contributed by atoms with van der Waals surface area (Å²) in [6.45, 7) is 4.60. The summed E-state index contributed by atoms with van der Waals surface area (Å²) in [5, 5.41) is 3.16. The highest BCUT2D eigenvalue weighted by molar-refractivity contribution is 7.84. The molecular weight excluding hydrogens is 198 g/mol. The fraction of sp³-hybridized carbons (Fsp3) is 0.667. The van der Waals surface area contributed by atoms with Gasteiger partial charge in [-0.3, -0.25) is 4.21 Å². The van der Waals surface area contributed by atoms with Gasteiger partial charge in [0.05, 0.1) is 5.69 Å². The number of imidazole rings is 1. The van der Waals surface area contributed by atoms with E-state index in [1.165, 1.54) is 0 Å². The molecule has 0 aliphatic carbocycles. The quantitative estimate of drug-likeness (QED) is 0.794. The molecule has 5 heteroatoms. The van der Waals surface area contributed by atoms with Gasteiger partial charge < -0.3 is 9.88 Å². The third-order valence-corrected chi connectivity index (χ3v) is 3.24.